The molecule has 4 rings (SSSR count). The summed E-state index contributed by atoms with van der Waals surface area (Å²) in [4.78, 5) is 19.1. The fourth-order valence-electron chi connectivity index (χ4n) is 2.83. The Morgan fingerprint density at radius 3 is 2.73 bits per heavy atom. The van der Waals surface area contributed by atoms with Crippen LogP contribution in [-0.4, -0.2) is 17.1 Å². The van der Waals surface area contributed by atoms with E-state index in [4.69, 9.17) is 4.74 Å². The fraction of sp³-hybridized carbons (Fsp3) is 0.0556. The summed E-state index contributed by atoms with van der Waals surface area (Å²) >= 11 is 0. The molecule has 2 aromatic carbocycles. The topological polar surface area (TPSA) is 57.9 Å². The highest BCUT2D eigenvalue weighted by atomic mass is 16.5. The van der Waals surface area contributed by atoms with Gasteiger partial charge in [0.05, 0.1) is 18.0 Å². The second-order valence-corrected chi connectivity index (χ2v) is 5.21. The van der Waals surface area contributed by atoms with Crippen molar-refractivity contribution in [2.75, 3.05) is 7.11 Å². The lowest BCUT2D eigenvalue weighted by atomic mass is 10.1. The molecular weight excluding hydrogens is 276 g/mol. The van der Waals surface area contributed by atoms with E-state index in [9.17, 15) is 4.79 Å². The first-order valence-electron chi connectivity index (χ1n) is 7.04. The summed E-state index contributed by atoms with van der Waals surface area (Å²) < 4.78 is 5.25. The van der Waals surface area contributed by atoms with Crippen molar-refractivity contribution in [3.8, 4) is 17.0 Å². The number of pyridine rings is 1. The maximum absolute atomic E-state index is 12.6. The molecule has 4 heteroatoms. The van der Waals surface area contributed by atoms with E-state index in [1.807, 2.05) is 48.7 Å². The van der Waals surface area contributed by atoms with Gasteiger partial charge < -0.3 is 14.7 Å². The van der Waals surface area contributed by atoms with Crippen LogP contribution in [0.2, 0.25) is 0 Å². The molecule has 2 heterocycles. The largest absolute Gasteiger partial charge is 0.497 e. The molecule has 2 aromatic heterocycles. The van der Waals surface area contributed by atoms with Crippen LogP contribution in [0.15, 0.2) is 59.5 Å². The number of aromatic nitrogens is 2. The van der Waals surface area contributed by atoms with Gasteiger partial charge in [-0.05, 0) is 30.3 Å². The number of methoxy groups -OCH3 is 1. The molecule has 22 heavy (non-hydrogen) atoms. The number of hydrogen-bond donors (Lipinski definition) is 2. The van der Waals surface area contributed by atoms with Gasteiger partial charge in [-0.2, -0.15) is 0 Å². The molecule has 0 aliphatic rings. The first kappa shape index (κ1) is 12.7. The fourth-order valence-corrected chi connectivity index (χ4v) is 2.83. The molecule has 4 nitrogen and oxygen atoms in total. The number of nitrogens with one attached hydrogen (secondary N) is 2. The molecule has 0 amide bonds. The zero-order chi connectivity index (χ0) is 15.1. The molecule has 108 valence electrons. The van der Waals surface area contributed by atoms with Gasteiger partial charge in [0, 0.05) is 34.4 Å². The van der Waals surface area contributed by atoms with Gasteiger partial charge in [-0.3, -0.25) is 4.79 Å². The van der Waals surface area contributed by atoms with Crippen molar-refractivity contribution >= 4 is 21.8 Å². The van der Waals surface area contributed by atoms with Crippen molar-refractivity contribution in [3.63, 3.8) is 0 Å². The smallest absolute Gasteiger partial charge is 0.190 e. The molecule has 0 unspecified atom stereocenters. The molecule has 2 N–H and O–H groups in total. The Morgan fingerprint density at radius 2 is 1.86 bits per heavy atom. The second-order valence-electron chi connectivity index (χ2n) is 5.21. The Morgan fingerprint density at radius 1 is 1.00 bits per heavy atom. The molecule has 0 aliphatic heterocycles. The van der Waals surface area contributed by atoms with Crippen LogP contribution in [0.1, 0.15) is 0 Å². The van der Waals surface area contributed by atoms with Crippen LogP contribution in [0, 0.1) is 0 Å². The first-order chi connectivity index (χ1) is 10.8. The van der Waals surface area contributed by atoms with Crippen LogP contribution in [0.4, 0.5) is 0 Å². The molecule has 0 fully saturated rings. The number of hydrogen-bond acceptors (Lipinski definition) is 2. The number of benzene rings is 2. The first-order valence-corrected chi connectivity index (χ1v) is 7.04. The van der Waals surface area contributed by atoms with Crippen LogP contribution in [0.5, 0.6) is 5.75 Å². The lowest BCUT2D eigenvalue weighted by Crippen LogP contribution is -2.03. The van der Waals surface area contributed by atoms with E-state index < -0.39 is 0 Å². The van der Waals surface area contributed by atoms with E-state index in [-0.39, 0.29) is 5.43 Å². The van der Waals surface area contributed by atoms with Gasteiger partial charge in [0.25, 0.3) is 0 Å². The Hall–Kier alpha value is -3.01. The molecule has 0 saturated heterocycles. The summed E-state index contributed by atoms with van der Waals surface area (Å²) in [7, 11) is 1.63. The number of H-pyrrole nitrogens is 2. The quantitative estimate of drug-likeness (QED) is 0.591. The summed E-state index contributed by atoms with van der Waals surface area (Å²) in [5, 5.41) is 1.65. The molecule has 0 bridgehead atoms. The van der Waals surface area contributed by atoms with Crippen molar-refractivity contribution in [1.29, 1.82) is 0 Å². The van der Waals surface area contributed by atoms with Gasteiger partial charge in [-0.15, -0.1) is 0 Å². The molecule has 0 spiro atoms. The lowest BCUT2D eigenvalue weighted by molar-refractivity contribution is 0.415. The monoisotopic (exact) mass is 290 g/mol. The number of ether oxygens (including phenoxy) is 1. The van der Waals surface area contributed by atoms with Gasteiger partial charge in [0.15, 0.2) is 5.43 Å². The predicted molar refractivity (Wildman–Crippen MR) is 88.4 cm³/mol. The van der Waals surface area contributed by atoms with Crippen molar-refractivity contribution in [2.24, 2.45) is 0 Å². The Bertz CT molecular complexity index is 1040. The van der Waals surface area contributed by atoms with Crippen molar-refractivity contribution in [3.05, 3.63) is 65.0 Å². The van der Waals surface area contributed by atoms with Gasteiger partial charge in [-0.1, -0.05) is 12.1 Å². The van der Waals surface area contributed by atoms with Crippen LogP contribution >= 0.6 is 0 Å². The standard InChI is InChI=1S/C18H14N2O2/c1-22-12-4-2-3-11(9-12)16-10-17(21)18-13-7-8-19-14(13)5-6-15(18)20-16/h2-10,19H,1H3,(H,20,21). The third-order valence-electron chi connectivity index (χ3n) is 3.91. The highest BCUT2D eigenvalue weighted by Crippen LogP contribution is 2.25. The second kappa shape index (κ2) is 4.77. The van der Waals surface area contributed by atoms with Gasteiger partial charge in [0.2, 0.25) is 0 Å². The molecule has 0 aliphatic carbocycles. The minimum atomic E-state index is 0.0109. The van der Waals surface area contributed by atoms with E-state index in [1.54, 1.807) is 13.2 Å². The Balaban J connectivity index is 2.00. The van der Waals surface area contributed by atoms with Crippen molar-refractivity contribution in [2.45, 2.75) is 0 Å². The van der Waals surface area contributed by atoms with Gasteiger partial charge >= 0.3 is 0 Å². The predicted octanol–water partition coefficient (Wildman–Crippen LogP) is 3.69. The lowest BCUT2D eigenvalue weighted by Gasteiger charge is -2.07. The van der Waals surface area contributed by atoms with E-state index in [2.05, 4.69) is 9.97 Å². The highest BCUT2D eigenvalue weighted by Gasteiger charge is 2.08. The summed E-state index contributed by atoms with van der Waals surface area (Å²) in [6, 6.07) is 15.1. The van der Waals surface area contributed by atoms with Gasteiger partial charge in [-0.25, -0.2) is 0 Å². The summed E-state index contributed by atoms with van der Waals surface area (Å²) in [6.07, 6.45) is 1.85. The molecule has 0 saturated carbocycles. The number of fused-ring (bicyclic) bond motifs is 3. The van der Waals surface area contributed by atoms with E-state index in [0.29, 0.717) is 5.39 Å². The maximum Gasteiger partial charge on any atom is 0.190 e. The number of rotatable bonds is 2. The summed E-state index contributed by atoms with van der Waals surface area (Å²) in [5.41, 5.74) is 3.51. The van der Waals surface area contributed by atoms with Gasteiger partial charge in [0.1, 0.15) is 5.75 Å². The number of aromatic amines is 2. The molecular formula is C18H14N2O2. The van der Waals surface area contributed by atoms with Crippen LogP contribution < -0.4 is 10.2 Å². The molecule has 4 aromatic rings. The van der Waals surface area contributed by atoms with Crippen molar-refractivity contribution < 1.29 is 4.74 Å². The third kappa shape index (κ3) is 1.89. The van der Waals surface area contributed by atoms with E-state index in [0.717, 1.165) is 33.4 Å². The average molecular weight is 290 g/mol. The minimum absolute atomic E-state index is 0.0109. The van der Waals surface area contributed by atoms with Crippen molar-refractivity contribution in [1.82, 2.24) is 9.97 Å². The third-order valence-corrected chi connectivity index (χ3v) is 3.91. The highest BCUT2D eigenvalue weighted by molar-refractivity contribution is 6.05. The van der Waals surface area contributed by atoms with Crippen LogP contribution in [0.25, 0.3) is 33.1 Å². The normalized spacial score (nSPS) is 11.1. The van der Waals surface area contributed by atoms with E-state index in [1.165, 1.54) is 0 Å². The zero-order valence-corrected chi connectivity index (χ0v) is 12.0. The Labute approximate surface area is 126 Å². The van der Waals surface area contributed by atoms with E-state index >= 15 is 0 Å². The molecule has 0 atom stereocenters. The maximum atomic E-state index is 12.6. The van der Waals surface area contributed by atoms with Crippen LogP contribution in [-0.2, 0) is 0 Å². The average Bonchev–Trinajstić information content (AvgIpc) is 3.03. The summed E-state index contributed by atoms with van der Waals surface area (Å²) in [6.45, 7) is 0. The minimum Gasteiger partial charge on any atom is -0.497 e. The SMILES string of the molecule is COc1cccc(-c2cc(=O)c3c(ccc4[nH]ccc43)[nH]2)c1. The molecule has 0 radical (unpaired) electrons. The zero-order valence-electron chi connectivity index (χ0n) is 12.0. The summed E-state index contributed by atoms with van der Waals surface area (Å²) in [5.74, 6) is 0.763. The van der Waals surface area contributed by atoms with Crippen LogP contribution in [0.3, 0.4) is 0 Å². The Kier molecular flexibility index (Phi) is 2.76.